The van der Waals surface area contributed by atoms with Crippen LogP contribution in [0.5, 0.6) is 0 Å². The Bertz CT molecular complexity index is 848. The van der Waals surface area contributed by atoms with E-state index in [0.29, 0.717) is 37.4 Å². The second-order valence-corrected chi connectivity index (χ2v) is 7.89. The van der Waals surface area contributed by atoms with Crippen LogP contribution < -0.4 is 0 Å². The first kappa shape index (κ1) is 19.4. The van der Waals surface area contributed by atoms with Crippen molar-refractivity contribution in [2.45, 2.75) is 31.7 Å². The van der Waals surface area contributed by atoms with E-state index in [4.69, 9.17) is 0 Å². The topological polar surface area (TPSA) is 99.9 Å². The second-order valence-electron chi connectivity index (χ2n) is 7.89. The van der Waals surface area contributed by atoms with Crippen LogP contribution in [0.15, 0.2) is 35.9 Å². The zero-order valence-corrected chi connectivity index (χ0v) is 16.5. The minimum atomic E-state index is -0.522. The molecule has 0 N–H and O–H groups in total. The van der Waals surface area contributed by atoms with Gasteiger partial charge in [0.05, 0.1) is 10.5 Å². The number of fused-ring (bicyclic) bond motifs is 1. The highest BCUT2D eigenvalue weighted by molar-refractivity contribution is 5.94. The van der Waals surface area contributed by atoms with Crippen molar-refractivity contribution in [3.05, 3.63) is 51.6 Å². The molecule has 1 saturated carbocycles. The van der Waals surface area contributed by atoms with Crippen LogP contribution in [0.25, 0.3) is 0 Å². The molecule has 1 aliphatic carbocycles. The highest BCUT2D eigenvalue weighted by atomic mass is 16.6. The molecule has 3 heterocycles. The van der Waals surface area contributed by atoms with E-state index in [9.17, 15) is 19.7 Å². The Morgan fingerprint density at radius 3 is 2.59 bits per heavy atom. The van der Waals surface area contributed by atoms with Crippen LogP contribution in [-0.2, 0) is 4.79 Å². The van der Waals surface area contributed by atoms with Gasteiger partial charge in [0.1, 0.15) is 5.70 Å². The highest BCUT2D eigenvalue weighted by Gasteiger charge is 2.48. The Hall–Kier alpha value is -2.97. The maximum absolute atomic E-state index is 12.8. The van der Waals surface area contributed by atoms with E-state index in [1.165, 1.54) is 0 Å². The second kappa shape index (κ2) is 7.81. The first-order chi connectivity index (χ1) is 14.0. The number of pyridine rings is 1. The summed E-state index contributed by atoms with van der Waals surface area (Å²) in [5.74, 6) is -0.592. The molecule has 4 rings (SSSR count). The van der Waals surface area contributed by atoms with Crippen molar-refractivity contribution in [3.63, 3.8) is 0 Å². The Morgan fingerprint density at radius 2 is 1.93 bits per heavy atom. The van der Waals surface area contributed by atoms with Crippen molar-refractivity contribution in [1.82, 2.24) is 19.7 Å². The summed E-state index contributed by atoms with van der Waals surface area (Å²) in [6, 6.07) is 3.48. The summed E-state index contributed by atoms with van der Waals surface area (Å²) in [6.45, 7) is 1.89. The van der Waals surface area contributed by atoms with Crippen LogP contribution in [0.1, 0.15) is 36.0 Å². The predicted octanol–water partition coefficient (Wildman–Crippen LogP) is 1.36. The quantitative estimate of drug-likeness (QED) is 0.562. The van der Waals surface area contributed by atoms with Crippen LogP contribution in [0.2, 0.25) is 0 Å². The lowest BCUT2D eigenvalue weighted by Gasteiger charge is -2.46. The van der Waals surface area contributed by atoms with Gasteiger partial charge in [0.2, 0.25) is 0 Å². The molecule has 3 aliphatic rings. The molecule has 0 aromatic carbocycles. The van der Waals surface area contributed by atoms with Gasteiger partial charge in [-0.25, -0.2) is 0 Å². The maximum atomic E-state index is 12.8. The van der Waals surface area contributed by atoms with Gasteiger partial charge >= 0.3 is 11.6 Å². The number of rotatable bonds is 3. The number of hydrogen-bond acceptors (Lipinski definition) is 6. The van der Waals surface area contributed by atoms with E-state index in [2.05, 4.69) is 4.98 Å². The summed E-state index contributed by atoms with van der Waals surface area (Å²) in [4.78, 5) is 46.0. The number of carbonyl (C=O) groups is 2. The number of hydrogen-bond donors (Lipinski definition) is 0. The molecular weight excluding hydrogens is 374 g/mol. The fourth-order valence-corrected chi connectivity index (χ4v) is 4.87. The number of aromatic nitrogens is 1. The molecule has 2 atom stereocenters. The number of carbonyl (C=O) groups excluding carboxylic acids is 2. The van der Waals surface area contributed by atoms with Crippen LogP contribution in [-0.4, -0.2) is 75.7 Å². The van der Waals surface area contributed by atoms with Crippen molar-refractivity contribution in [1.29, 1.82) is 0 Å². The van der Waals surface area contributed by atoms with E-state index >= 15 is 0 Å². The third-order valence-electron chi connectivity index (χ3n) is 6.34. The third-order valence-corrected chi connectivity index (χ3v) is 6.34. The predicted molar refractivity (Wildman–Crippen MR) is 104 cm³/mol. The molecule has 2 aliphatic heterocycles. The zero-order valence-electron chi connectivity index (χ0n) is 16.5. The summed E-state index contributed by atoms with van der Waals surface area (Å²) in [7, 11) is 1.68. The van der Waals surface area contributed by atoms with Gasteiger partial charge in [-0.3, -0.25) is 24.7 Å². The van der Waals surface area contributed by atoms with E-state index in [1.54, 1.807) is 41.4 Å². The van der Waals surface area contributed by atoms with Gasteiger partial charge in [-0.1, -0.05) is 12.8 Å². The Balaban J connectivity index is 1.57. The van der Waals surface area contributed by atoms with Gasteiger partial charge in [-0.2, -0.15) is 0 Å². The van der Waals surface area contributed by atoms with Crippen molar-refractivity contribution in [2.75, 3.05) is 33.2 Å². The van der Waals surface area contributed by atoms with Crippen LogP contribution in [0, 0.1) is 16.0 Å². The van der Waals surface area contributed by atoms with Gasteiger partial charge in [0.25, 0.3) is 5.91 Å². The summed E-state index contributed by atoms with van der Waals surface area (Å²) >= 11 is 0. The number of piperazine rings is 1. The van der Waals surface area contributed by atoms with E-state index in [0.717, 1.165) is 25.7 Å². The minimum absolute atomic E-state index is 0.00701. The molecule has 0 radical (unpaired) electrons. The largest absolute Gasteiger partial charge is 0.365 e. The summed E-state index contributed by atoms with van der Waals surface area (Å²) in [5.41, 5.74) is 0.826. The van der Waals surface area contributed by atoms with E-state index in [-0.39, 0.29) is 23.6 Å². The van der Waals surface area contributed by atoms with Crippen molar-refractivity contribution in [3.8, 4) is 0 Å². The molecule has 154 valence electrons. The molecule has 1 saturated heterocycles. The third kappa shape index (κ3) is 3.45. The minimum Gasteiger partial charge on any atom is -0.365 e. The van der Waals surface area contributed by atoms with Gasteiger partial charge in [0, 0.05) is 57.6 Å². The lowest BCUT2D eigenvalue weighted by atomic mass is 9.78. The van der Waals surface area contributed by atoms with Crippen molar-refractivity contribution >= 4 is 11.8 Å². The Morgan fingerprint density at radius 1 is 1.21 bits per heavy atom. The SMILES string of the molecule is CN1C(=O)C([N+](=O)[O-])=C(N2CCN(C(=O)c3cccnc3)CC2)C2CCCCC21. The maximum Gasteiger partial charge on any atom is 0.352 e. The summed E-state index contributed by atoms with van der Waals surface area (Å²) in [6.07, 6.45) is 6.94. The standard InChI is InChI=1S/C20H25N5O4/c1-22-16-7-3-2-6-15(16)17(18(20(22)27)25(28)29)23-9-11-24(12-10-23)19(26)14-5-4-8-21-13-14/h4-5,8,13,15-16H,2-3,6-7,9-12H2,1H3. The molecule has 9 heteroatoms. The normalized spacial score (nSPS) is 25.1. The summed E-state index contributed by atoms with van der Waals surface area (Å²) < 4.78 is 0. The van der Waals surface area contributed by atoms with Gasteiger partial charge in [-0.15, -0.1) is 0 Å². The number of likely N-dealkylation sites (N-methyl/N-ethyl adjacent to an activating group) is 1. The molecular formula is C20H25N5O4. The van der Waals surface area contributed by atoms with Crippen LogP contribution in [0.4, 0.5) is 0 Å². The van der Waals surface area contributed by atoms with Crippen LogP contribution in [0.3, 0.4) is 0 Å². The summed E-state index contributed by atoms with van der Waals surface area (Å²) in [5, 5.41) is 11.8. The first-order valence-electron chi connectivity index (χ1n) is 10.1. The molecule has 1 aromatic heterocycles. The monoisotopic (exact) mass is 399 g/mol. The van der Waals surface area contributed by atoms with Crippen LogP contribution >= 0.6 is 0 Å². The zero-order chi connectivity index (χ0) is 20.5. The smallest absolute Gasteiger partial charge is 0.352 e. The molecule has 29 heavy (non-hydrogen) atoms. The fourth-order valence-electron chi connectivity index (χ4n) is 4.87. The molecule has 2 amide bonds. The average molecular weight is 399 g/mol. The van der Waals surface area contributed by atoms with Crippen molar-refractivity contribution < 1.29 is 14.5 Å². The molecule has 2 unspecified atom stereocenters. The van der Waals surface area contributed by atoms with E-state index < -0.39 is 10.8 Å². The molecule has 2 fully saturated rings. The van der Waals surface area contributed by atoms with E-state index in [1.807, 2.05) is 4.90 Å². The van der Waals surface area contributed by atoms with Gasteiger partial charge in [0.15, 0.2) is 0 Å². The average Bonchev–Trinajstić information content (AvgIpc) is 2.76. The van der Waals surface area contributed by atoms with Gasteiger partial charge in [-0.05, 0) is 25.0 Å². The Labute approximate surface area is 169 Å². The van der Waals surface area contributed by atoms with Gasteiger partial charge < -0.3 is 14.7 Å². The fraction of sp³-hybridized carbons (Fsp3) is 0.550. The molecule has 9 nitrogen and oxygen atoms in total. The van der Waals surface area contributed by atoms with Crippen molar-refractivity contribution in [2.24, 2.45) is 5.92 Å². The first-order valence-corrected chi connectivity index (χ1v) is 10.1. The molecule has 0 spiro atoms. The Kier molecular flexibility index (Phi) is 5.21. The number of nitro groups is 1. The highest BCUT2D eigenvalue weighted by Crippen LogP contribution is 2.40. The lowest BCUT2D eigenvalue weighted by Crippen LogP contribution is -2.56. The lowest BCUT2D eigenvalue weighted by molar-refractivity contribution is -0.424. The number of amides is 2. The molecule has 0 bridgehead atoms. The number of nitrogens with zero attached hydrogens (tertiary/aromatic N) is 5. The molecule has 1 aromatic rings.